The largest absolute Gasteiger partial charge is 0.497 e. The van der Waals surface area contributed by atoms with E-state index < -0.39 is 0 Å². The third-order valence-electron chi connectivity index (χ3n) is 3.34. The molecule has 0 bridgehead atoms. The molecule has 1 fully saturated rings. The Morgan fingerprint density at radius 3 is 2.78 bits per heavy atom. The molecule has 0 spiro atoms. The predicted molar refractivity (Wildman–Crippen MR) is 73.2 cm³/mol. The van der Waals surface area contributed by atoms with Gasteiger partial charge in [-0.15, -0.1) is 0 Å². The van der Waals surface area contributed by atoms with Crippen LogP contribution in [0.4, 0.5) is 0 Å². The highest BCUT2D eigenvalue weighted by Gasteiger charge is 2.20. The van der Waals surface area contributed by atoms with Gasteiger partial charge in [0.25, 0.3) is 0 Å². The molecular formula is C15H23NO2. The van der Waals surface area contributed by atoms with Gasteiger partial charge in [0, 0.05) is 24.2 Å². The summed E-state index contributed by atoms with van der Waals surface area (Å²) in [5.41, 5.74) is 1.21. The first-order chi connectivity index (χ1) is 8.72. The molecule has 3 nitrogen and oxygen atoms in total. The van der Waals surface area contributed by atoms with Crippen molar-refractivity contribution in [1.29, 1.82) is 0 Å². The fourth-order valence-electron chi connectivity index (χ4n) is 1.76. The van der Waals surface area contributed by atoms with Crippen LogP contribution < -0.4 is 14.8 Å². The summed E-state index contributed by atoms with van der Waals surface area (Å²) in [6.45, 7) is 5.10. The van der Waals surface area contributed by atoms with E-state index in [1.165, 1.54) is 18.4 Å². The van der Waals surface area contributed by atoms with E-state index in [0.29, 0.717) is 6.04 Å². The van der Waals surface area contributed by atoms with Gasteiger partial charge in [-0.05, 0) is 32.3 Å². The van der Waals surface area contributed by atoms with Gasteiger partial charge < -0.3 is 14.8 Å². The lowest BCUT2D eigenvalue weighted by Crippen LogP contribution is -2.17. The van der Waals surface area contributed by atoms with E-state index >= 15 is 0 Å². The van der Waals surface area contributed by atoms with Gasteiger partial charge in [-0.25, -0.2) is 0 Å². The summed E-state index contributed by atoms with van der Waals surface area (Å²) in [6.07, 6.45) is 3.85. The molecule has 1 aliphatic rings. The van der Waals surface area contributed by atoms with Crippen molar-refractivity contribution in [3.63, 3.8) is 0 Å². The quantitative estimate of drug-likeness (QED) is 0.805. The SMILES string of the molecule is CCC(C)Oc1cc(OC)ccc1CNC1CC1. The molecule has 1 unspecified atom stereocenters. The van der Waals surface area contributed by atoms with E-state index in [2.05, 4.69) is 25.2 Å². The second-order valence-electron chi connectivity index (χ2n) is 4.97. The topological polar surface area (TPSA) is 30.5 Å². The number of rotatable bonds is 7. The molecular weight excluding hydrogens is 226 g/mol. The smallest absolute Gasteiger partial charge is 0.127 e. The summed E-state index contributed by atoms with van der Waals surface area (Å²) < 4.78 is 11.2. The first-order valence-electron chi connectivity index (χ1n) is 6.80. The number of hydrogen-bond donors (Lipinski definition) is 1. The summed E-state index contributed by atoms with van der Waals surface area (Å²) in [4.78, 5) is 0. The molecule has 0 aliphatic heterocycles. The Hall–Kier alpha value is -1.22. The Labute approximate surface area is 109 Å². The summed E-state index contributed by atoms with van der Waals surface area (Å²) in [5.74, 6) is 1.79. The van der Waals surface area contributed by atoms with Gasteiger partial charge in [0.1, 0.15) is 11.5 Å². The van der Waals surface area contributed by atoms with E-state index in [1.807, 2.05) is 12.1 Å². The molecule has 2 rings (SSSR count). The predicted octanol–water partition coefficient (Wildman–Crippen LogP) is 3.12. The van der Waals surface area contributed by atoms with Crippen molar-refractivity contribution in [3.8, 4) is 11.5 Å². The Bertz CT molecular complexity index is 388. The van der Waals surface area contributed by atoms with Crippen molar-refractivity contribution in [1.82, 2.24) is 5.32 Å². The number of hydrogen-bond acceptors (Lipinski definition) is 3. The molecule has 100 valence electrons. The second kappa shape index (κ2) is 6.10. The molecule has 3 heteroatoms. The van der Waals surface area contributed by atoms with Gasteiger partial charge in [-0.2, -0.15) is 0 Å². The normalized spacial score (nSPS) is 16.4. The lowest BCUT2D eigenvalue weighted by Gasteiger charge is -2.17. The van der Waals surface area contributed by atoms with Gasteiger partial charge in [0.2, 0.25) is 0 Å². The lowest BCUT2D eigenvalue weighted by molar-refractivity contribution is 0.214. The zero-order valence-corrected chi connectivity index (χ0v) is 11.5. The average molecular weight is 249 g/mol. The maximum atomic E-state index is 5.97. The molecule has 1 saturated carbocycles. The van der Waals surface area contributed by atoms with Crippen LogP contribution >= 0.6 is 0 Å². The van der Waals surface area contributed by atoms with Gasteiger partial charge in [0.05, 0.1) is 13.2 Å². The van der Waals surface area contributed by atoms with Crippen LogP contribution in [0.3, 0.4) is 0 Å². The Morgan fingerprint density at radius 2 is 2.17 bits per heavy atom. The molecule has 0 aromatic heterocycles. The van der Waals surface area contributed by atoms with E-state index in [1.54, 1.807) is 7.11 Å². The highest BCUT2D eigenvalue weighted by molar-refractivity contribution is 5.41. The van der Waals surface area contributed by atoms with Crippen molar-refractivity contribution in [2.24, 2.45) is 0 Å². The summed E-state index contributed by atoms with van der Waals surface area (Å²) in [6, 6.07) is 6.78. The van der Waals surface area contributed by atoms with E-state index in [-0.39, 0.29) is 6.10 Å². The zero-order chi connectivity index (χ0) is 13.0. The molecule has 1 aliphatic carbocycles. The molecule has 0 saturated heterocycles. The van der Waals surface area contributed by atoms with Crippen LogP contribution in [-0.4, -0.2) is 19.3 Å². The van der Waals surface area contributed by atoms with Crippen LogP contribution in [0.25, 0.3) is 0 Å². The highest BCUT2D eigenvalue weighted by atomic mass is 16.5. The van der Waals surface area contributed by atoms with Crippen molar-refractivity contribution in [3.05, 3.63) is 23.8 Å². The average Bonchev–Trinajstić information content (AvgIpc) is 3.21. The maximum Gasteiger partial charge on any atom is 0.127 e. The van der Waals surface area contributed by atoms with Crippen LogP contribution in [0.1, 0.15) is 38.7 Å². The molecule has 18 heavy (non-hydrogen) atoms. The Morgan fingerprint density at radius 1 is 1.39 bits per heavy atom. The number of benzene rings is 1. The van der Waals surface area contributed by atoms with Crippen LogP contribution in [0.15, 0.2) is 18.2 Å². The van der Waals surface area contributed by atoms with Gasteiger partial charge in [-0.3, -0.25) is 0 Å². The van der Waals surface area contributed by atoms with Crippen molar-refractivity contribution in [2.75, 3.05) is 7.11 Å². The molecule has 1 N–H and O–H groups in total. The van der Waals surface area contributed by atoms with Crippen LogP contribution in [0.2, 0.25) is 0 Å². The minimum absolute atomic E-state index is 0.233. The standard InChI is InChI=1S/C15H23NO2/c1-4-11(2)18-15-9-14(17-3)8-5-12(15)10-16-13-6-7-13/h5,8-9,11,13,16H,4,6-7,10H2,1-3H3. The second-order valence-corrected chi connectivity index (χ2v) is 4.97. The summed E-state index contributed by atoms with van der Waals surface area (Å²) in [5, 5.41) is 3.52. The molecule has 1 aromatic rings. The highest BCUT2D eigenvalue weighted by Crippen LogP contribution is 2.27. The van der Waals surface area contributed by atoms with Crippen LogP contribution in [0, 0.1) is 0 Å². The van der Waals surface area contributed by atoms with Gasteiger partial charge in [0.15, 0.2) is 0 Å². The number of methoxy groups -OCH3 is 1. The van der Waals surface area contributed by atoms with Crippen LogP contribution in [-0.2, 0) is 6.54 Å². The van der Waals surface area contributed by atoms with Crippen molar-refractivity contribution in [2.45, 2.75) is 51.8 Å². The van der Waals surface area contributed by atoms with Gasteiger partial charge >= 0.3 is 0 Å². The lowest BCUT2D eigenvalue weighted by atomic mass is 10.2. The fourth-order valence-corrected chi connectivity index (χ4v) is 1.76. The summed E-state index contributed by atoms with van der Waals surface area (Å²) >= 11 is 0. The zero-order valence-electron chi connectivity index (χ0n) is 11.5. The third-order valence-corrected chi connectivity index (χ3v) is 3.34. The minimum Gasteiger partial charge on any atom is -0.497 e. The van der Waals surface area contributed by atoms with E-state index in [4.69, 9.17) is 9.47 Å². The first kappa shape index (κ1) is 13.2. The monoisotopic (exact) mass is 249 g/mol. The summed E-state index contributed by atoms with van der Waals surface area (Å²) in [7, 11) is 1.69. The maximum absolute atomic E-state index is 5.97. The number of nitrogens with one attached hydrogen (secondary N) is 1. The van der Waals surface area contributed by atoms with Crippen LogP contribution in [0.5, 0.6) is 11.5 Å². The minimum atomic E-state index is 0.233. The molecule has 0 heterocycles. The molecule has 1 aromatic carbocycles. The molecule has 1 atom stereocenters. The molecule has 0 amide bonds. The molecule has 0 radical (unpaired) electrons. The fraction of sp³-hybridized carbons (Fsp3) is 0.600. The van der Waals surface area contributed by atoms with E-state index in [0.717, 1.165) is 24.5 Å². The Balaban J connectivity index is 2.08. The third kappa shape index (κ3) is 3.64. The number of ether oxygens (including phenoxy) is 2. The Kier molecular flexibility index (Phi) is 4.48. The first-order valence-corrected chi connectivity index (χ1v) is 6.80. The van der Waals surface area contributed by atoms with Crippen molar-refractivity contribution < 1.29 is 9.47 Å². The van der Waals surface area contributed by atoms with Crippen molar-refractivity contribution >= 4 is 0 Å². The van der Waals surface area contributed by atoms with Gasteiger partial charge in [-0.1, -0.05) is 13.0 Å². The van der Waals surface area contributed by atoms with E-state index in [9.17, 15) is 0 Å².